The SMILES string of the molecule is Cc1cc2c(nc1N1CCC(OCc3ccccn3)CC1)CNC2=O. The van der Waals surface area contributed by atoms with Gasteiger partial charge in [0.05, 0.1) is 36.2 Å². The second kappa shape index (κ2) is 6.80. The fourth-order valence-electron chi connectivity index (χ4n) is 3.47. The first-order valence-corrected chi connectivity index (χ1v) is 8.76. The minimum Gasteiger partial charge on any atom is -0.372 e. The molecule has 4 heterocycles. The zero-order chi connectivity index (χ0) is 17.2. The molecule has 130 valence electrons. The van der Waals surface area contributed by atoms with Gasteiger partial charge in [-0.05, 0) is 43.5 Å². The molecule has 0 unspecified atom stereocenters. The maximum absolute atomic E-state index is 11.8. The first-order chi connectivity index (χ1) is 12.2. The Morgan fingerprint density at radius 3 is 2.92 bits per heavy atom. The first kappa shape index (κ1) is 16.0. The van der Waals surface area contributed by atoms with Crippen molar-refractivity contribution in [2.75, 3.05) is 18.0 Å². The Hall–Kier alpha value is -2.47. The Labute approximate surface area is 147 Å². The van der Waals surface area contributed by atoms with Crippen LogP contribution in [0.15, 0.2) is 30.5 Å². The van der Waals surface area contributed by atoms with Gasteiger partial charge in [-0.15, -0.1) is 0 Å². The highest BCUT2D eigenvalue weighted by Crippen LogP contribution is 2.26. The summed E-state index contributed by atoms with van der Waals surface area (Å²) < 4.78 is 6.01. The number of hydrogen-bond donors (Lipinski definition) is 1. The smallest absolute Gasteiger partial charge is 0.253 e. The van der Waals surface area contributed by atoms with Crippen molar-refractivity contribution in [2.45, 2.75) is 39.0 Å². The van der Waals surface area contributed by atoms with Crippen molar-refractivity contribution in [1.82, 2.24) is 15.3 Å². The number of nitrogens with one attached hydrogen (secondary N) is 1. The van der Waals surface area contributed by atoms with Crippen LogP contribution in [-0.4, -0.2) is 35.1 Å². The second-order valence-electron chi connectivity index (χ2n) is 6.62. The van der Waals surface area contributed by atoms with Gasteiger partial charge in [0.25, 0.3) is 5.91 Å². The van der Waals surface area contributed by atoms with E-state index in [4.69, 9.17) is 9.72 Å². The minimum absolute atomic E-state index is 0.0150. The number of amides is 1. The number of aromatic nitrogens is 2. The Bertz CT molecular complexity index is 770. The predicted molar refractivity (Wildman–Crippen MR) is 94.4 cm³/mol. The zero-order valence-electron chi connectivity index (χ0n) is 14.4. The molecule has 2 aliphatic rings. The second-order valence-corrected chi connectivity index (χ2v) is 6.62. The van der Waals surface area contributed by atoms with E-state index in [0.717, 1.165) is 54.3 Å². The van der Waals surface area contributed by atoms with Gasteiger partial charge in [0, 0.05) is 19.3 Å². The molecule has 2 aliphatic heterocycles. The molecule has 2 aromatic rings. The summed E-state index contributed by atoms with van der Waals surface area (Å²) in [5, 5.41) is 2.84. The van der Waals surface area contributed by atoms with Gasteiger partial charge in [-0.1, -0.05) is 6.07 Å². The van der Waals surface area contributed by atoms with Crippen molar-refractivity contribution in [3.05, 3.63) is 53.0 Å². The molecule has 0 aliphatic carbocycles. The molecule has 0 saturated carbocycles. The van der Waals surface area contributed by atoms with E-state index >= 15 is 0 Å². The van der Waals surface area contributed by atoms with Crippen LogP contribution in [0.3, 0.4) is 0 Å². The molecule has 6 heteroatoms. The molecule has 6 nitrogen and oxygen atoms in total. The number of aryl methyl sites for hydroxylation is 1. The summed E-state index contributed by atoms with van der Waals surface area (Å²) in [4.78, 5) is 23.1. The lowest BCUT2D eigenvalue weighted by Crippen LogP contribution is -2.38. The molecule has 1 saturated heterocycles. The van der Waals surface area contributed by atoms with Crippen LogP contribution < -0.4 is 10.2 Å². The fourth-order valence-corrected chi connectivity index (χ4v) is 3.47. The number of carbonyl (C=O) groups is 1. The number of fused-ring (bicyclic) bond motifs is 1. The summed E-state index contributed by atoms with van der Waals surface area (Å²) in [6.45, 7) is 4.96. The summed E-state index contributed by atoms with van der Waals surface area (Å²) in [6.07, 6.45) is 4.00. The highest BCUT2D eigenvalue weighted by Gasteiger charge is 2.26. The molecular weight excluding hydrogens is 316 g/mol. The lowest BCUT2D eigenvalue weighted by atomic mass is 10.1. The Morgan fingerprint density at radius 2 is 2.16 bits per heavy atom. The molecule has 1 N–H and O–H groups in total. The molecule has 2 aromatic heterocycles. The van der Waals surface area contributed by atoms with Crippen molar-refractivity contribution in [1.29, 1.82) is 0 Å². The number of anilines is 1. The van der Waals surface area contributed by atoms with E-state index in [1.807, 2.05) is 31.2 Å². The maximum Gasteiger partial charge on any atom is 0.253 e. The minimum atomic E-state index is -0.0150. The summed E-state index contributed by atoms with van der Waals surface area (Å²) in [5.41, 5.74) is 3.61. The van der Waals surface area contributed by atoms with Gasteiger partial charge in [-0.25, -0.2) is 4.98 Å². The van der Waals surface area contributed by atoms with E-state index in [-0.39, 0.29) is 12.0 Å². The normalized spacial score (nSPS) is 17.5. The number of pyridine rings is 2. The number of hydrogen-bond acceptors (Lipinski definition) is 5. The van der Waals surface area contributed by atoms with Gasteiger partial charge >= 0.3 is 0 Å². The van der Waals surface area contributed by atoms with E-state index in [0.29, 0.717) is 13.2 Å². The van der Waals surface area contributed by atoms with Crippen LogP contribution in [0.25, 0.3) is 0 Å². The number of carbonyl (C=O) groups excluding carboxylic acids is 1. The van der Waals surface area contributed by atoms with Crippen LogP contribution in [0.1, 0.15) is 40.2 Å². The average Bonchev–Trinajstić information content (AvgIpc) is 3.01. The standard InChI is InChI=1S/C19H22N4O2/c1-13-10-16-17(11-21-19(16)24)22-18(13)23-8-5-15(6-9-23)25-12-14-4-2-3-7-20-14/h2-4,7,10,15H,5-6,8-9,11-12H2,1H3,(H,21,24). The zero-order valence-corrected chi connectivity index (χ0v) is 14.4. The molecule has 1 fully saturated rings. The lowest BCUT2D eigenvalue weighted by molar-refractivity contribution is 0.0233. The third-order valence-corrected chi connectivity index (χ3v) is 4.86. The van der Waals surface area contributed by atoms with Crippen molar-refractivity contribution >= 4 is 11.7 Å². The van der Waals surface area contributed by atoms with Crippen LogP contribution in [0.5, 0.6) is 0 Å². The predicted octanol–water partition coefficient (Wildman–Crippen LogP) is 2.21. The number of piperidine rings is 1. The molecule has 0 radical (unpaired) electrons. The summed E-state index contributed by atoms with van der Waals surface area (Å²) >= 11 is 0. The maximum atomic E-state index is 11.8. The van der Waals surface area contributed by atoms with Gasteiger partial charge in [0.2, 0.25) is 0 Å². The Morgan fingerprint density at radius 1 is 1.32 bits per heavy atom. The quantitative estimate of drug-likeness (QED) is 0.926. The molecule has 0 aromatic carbocycles. The molecule has 4 rings (SSSR count). The van der Waals surface area contributed by atoms with Crippen LogP contribution >= 0.6 is 0 Å². The lowest BCUT2D eigenvalue weighted by Gasteiger charge is -2.33. The van der Waals surface area contributed by atoms with Gasteiger partial charge in [0.1, 0.15) is 5.82 Å². The fraction of sp³-hybridized carbons (Fsp3) is 0.421. The molecule has 0 atom stereocenters. The summed E-state index contributed by atoms with van der Waals surface area (Å²) in [5.74, 6) is 0.984. The average molecular weight is 338 g/mol. The Balaban J connectivity index is 1.37. The van der Waals surface area contributed by atoms with E-state index in [9.17, 15) is 4.79 Å². The molecule has 25 heavy (non-hydrogen) atoms. The van der Waals surface area contributed by atoms with Crippen LogP contribution in [0, 0.1) is 6.92 Å². The highest BCUT2D eigenvalue weighted by molar-refractivity contribution is 5.98. The summed E-state index contributed by atoms with van der Waals surface area (Å²) in [6, 6.07) is 7.85. The van der Waals surface area contributed by atoms with E-state index < -0.39 is 0 Å². The van der Waals surface area contributed by atoms with Crippen LogP contribution in [-0.2, 0) is 17.9 Å². The third-order valence-electron chi connectivity index (χ3n) is 4.86. The van der Waals surface area contributed by atoms with Gasteiger partial charge in [-0.2, -0.15) is 0 Å². The third kappa shape index (κ3) is 3.35. The molecule has 0 spiro atoms. The van der Waals surface area contributed by atoms with E-state index in [2.05, 4.69) is 15.2 Å². The van der Waals surface area contributed by atoms with Crippen molar-refractivity contribution in [2.24, 2.45) is 0 Å². The first-order valence-electron chi connectivity index (χ1n) is 8.76. The van der Waals surface area contributed by atoms with Crippen molar-refractivity contribution in [3.63, 3.8) is 0 Å². The Kier molecular flexibility index (Phi) is 4.36. The topological polar surface area (TPSA) is 67.3 Å². The van der Waals surface area contributed by atoms with Crippen molar-refractivity contribution in [3.8, 4) is 0 Å². The van der Waals surface area contributed by atoms with Gasteiger partial charge < -0.3 is 15.0 Å². The summed E-state index contributed by atoms with van der Waals surface area (Å²) in [7, 11) is 0. The molecular formula is C19H22N4O2. The number of rotatable bonds is 4. The monoisotopic (exact) mass is 338 g/mol. The number of ether oxygens (including phenoxy) is 1. The van der Waals surface area contributed by atoms with Crippen LogP contribution in [0.2, 0.25) is 0 Å². The van der Waals surface area contributed by atoms with Gasteiger partial charge in [-0.3, -0.25) is 9.78 Å². The van der Waals surface area contributed by atoms with Crippen molar-refractivity contribution < 1.29 is 9.53 Å². The molecule has 0 bridgehead atoms. The van der Waals surface area contributed by atoms with E-state index in [1.165, 1.54) is 0 Å². The largest absolute Gasteiger partial charge is 0.372 e. The van der Waals surface area contributed by atoms with Crippen LogP contribution in [0.4, 0.5) is 5.82 Å². The highest BCUT2D eigenvalue weighted by atomic mass is 16.5. The molecule has 1 amide bonds. The van der Waals surface area contributed by atoms with Gasteiger partial charge in [0.15, 0.2) is 0 Å². The number of nitrogens with zero attached hydrogens (tertiary/aromatic N) is 3. The van der Waals surface area contributed by atoms with E-state index in [1.54, 1.807) is 6.20 Å².